The van der Waals surface area contributed by atoms with Crippen LogP contribution in [-0.2, 0) is 0 Å². The minimum atomic E-state index is -6.83. The molecule has 0 fully saturated rings. The zero-order chi connectivity index (χ0) is 22.4. The van der Waals surface area contributed by atoms with Gasteiger partial charge in [-0.2, -0.15) is 39.5 Å². The standard InChI is InChI=1S/C17H25Br2F9/c1-3-4-5-6-7-8-9-12(13(2,18)19)10-11-14(20,21)15(22,23)16(24,25)17(26,27)28/h12H,3-11H2,1-2H3. The van der Waals surface area contributed by atoms with Gasteiger partial charge in [-0.05, 0) is 25.7 Å². The molecule has 0 saturated carbocycles. The van der Waals surface area contributed by atoms with Crippen molar-refractivity contribution in [2.75, 3.05) is 0 Å². The highest BCUT2D eigenvalue weighted by atomic mass is 79.9. The molecule has 28 heavy (non-hydrogen) atoms. The lowest BCUT2D eigenvalue weighted by molar-refractivity contribution is -0.397. The van der Waals surface area contributed by atoms with Crippen LogP contribution in [0.4, 0.5) is 39.5 Å². The van der Waals surface area contributed by atoms with Crippen LogP contribution in [0.5, 0.6) is 0 Å². The first-order valence-electron chi connectivity index (χ1n) is 8.99. The predicted octanol–water partition coefficient (Wildman–Crippen LogP) is 9.11. The second-order valence-corrected chi connectivity index (χ2v) is 11.5. The van der Waals surface area contributed by atoms with E-state index >= 15 is 0 Å². The number of rotatable bonds is 13. The van der Waals surface area contributed by atoms with E-state index in [-0.39, 0.29) is 0 Å². The average molecular weight is 560 g/mol. The first-order chi connectivity index (χ1) is 12.4. The Kier molecular flexibility index (Phi) is 10.7. The normalized spacial score (nSPS) is 15.8. The lowest BCUT2D eigenvalue weighted by atomic mass is 9.89. The van der Waals surface area contributed by atoms with Gasteiger partial charge in [0.2, 0.25) is 0 Å². The lowest BCUT2D eigenvalue weighted by Gasteiger charge is -2.35. The summed E-state index contributed by atoms with van der Waals surface area (Å²) in [5.41, 5.74) is 0. The van der Waals surface area contributed by atoms with E-state index in [1.807, 2.05) is 6.92 Å². The first-order valence-corrected chi connectivity index (χ1v) is 10.6. The zero-order valence-corrected chi connectivity index (χ0v) is 18.8. The van der Waals surface area contributed by atoms with Gasteiger partial charge in [0.25, 0.3) is 0 Å². The molecule has 0 N–H and O–H groups in total. The molecule has 11 heteroatoms. The Morgan fingerprint density at radius 2 is 1.14 bits per heavy atom. The number of halogens is 11. The van der Waals surface area contributed by atoms with Crippen LogP contribution in [0.2, 0.25) is 0 Å². The van der Waals surface area contributed by atoms with E-state index in [0.717, 1.165) is 32.1 Å². The monoisotopic (exact) mass is 558 g/mol. The quantitative estimate of drug-likeness (QED) is 0.120. The summed E-state index contributed by atoms with van der Waals surface area (Å²) in [6.45, 7) is 3.57. The fourth-order valence-corrected chi connectivity index (χ4v) is 3.66. The van der Waals surface area contributed by atoms with Gasteiger partial charge in [0.15, 0.2) is 0 Å². The van der Waals surface area contributed by atoms with Gasteiger partial charge in [-0.3, -0.25) is 0 Å². The summed E-state index contributed by atoms with van der Waals surface area (Å²) >= 11 is 6.37. The van der Waals surface area contributed by atoms with Crippen molar-refractivity contribution in [1.29, 1.82) is 0 Å². The van der Waals surface area contributed by atoms with E-state index in [1.54, 1.807) is 0 Å². The van der Waals surface area contributed by atoms with Crippen LogP contribution >= 0.6 is 31.9 Å². The minimum Gasteiger partial charge on any atom is -0.200 e. The Hall–Kier alpha value is 0.330. The van der Waals surface area contributed by atoms with Gasteiger partial charge in [-0.15, -0.1) is 0 Å². The van der Waals surface area contributed by atoms with Gasteiger partial charge >= 0.3 is 23.9 Å². The van der Waals surface area contributed by atoms with Crippen LogP contribution in [0.1, 0.15) is 71.6 Å². The molecule has 0 radical (unpaired) electrons. The average Bonchev–Trinajstić information content (AvgIpc) is 2.50. The molecule has 0 bridgehead atoms. The summed E-state index contributed by atoms with van der Waals surface area (Å²) in [6.07, 6.45) is -3.52. The minimum absolute atomic E-state index is 0.330. The predicted molar refractivity (Wildman–Crippen MR) is 97.9 cm³/mol. The highest BCUT2D eigenvalue weighted by Gasteiger charge is 2.81. The van der Waals surface area contributed by atoms with Crippen molar-refractivity contribution in [1.82, 2.24) is 0 Å². The SMILES string of the molecule is CCCCCCCCC(CCC(F)(F)C(F)(F)C(F)(F)C(F)(F)F)C(C)(Br)Br. The third kappa shape index (κ3) is 7.54. The van der Waals surface area contributed by atoms with Crippen molar-refractivity contribution in [3.8, 4) is 0 Å². The molecule has 0 rings (SSSR count). The van der Waals surface area contributed by atoms with E-state index in [0.29, 0.717) is 12.8 Å². The summed E-state index contributed by atoms with van der Waals surface area (Å²) < 4.78 is 116. The van der Waals surface area contributed by atoms with Gasteiger partial charge in [0, 0.05) is 6.42 Å². The number of alkyl halides is 11. The van der Waals surface area contributed by atoms with Crippen LogP contribution in [0.15, 0.2) is 0 Å². The Balaban J connectivity index is 5.03. The first kappa shape index (κ1) is 28.3. The molecule has 170 valence electrons. The summed E-state index contributed by atoms with van der Waals surface area (Å²) in [7, 11) is 0. The Morgan fingerprint density at radius 1 is 0.679 bits per heavy atom. The summed E-state index contributed by atoms with van der Waals surface area (Å²) in [5, 5.41) is 0. The van der Waals surface area contributed by atoms with Crippen molar-refractivity contribution in [3.05, 3.63) is 0 Å². The summed E-state index contributed by atoms with van der Waals surface area (Å²) in [4.78, 5) is 0. The highest BCUT2D eigenvalue weighted by molar-refractivity contribution is 9.25. The van der Waals surface area contributed by atoms with Crippen LogP contribution in [0.3, 0.4) is 0 Å². The molecule has 0 heterocycles. The topological polar surface area (TPSA) is 0 Å². The Labute approximate surface area is 176 Å². The van der Waals surface area contributed by atoms with Crippen LogP contribution in [0, 0.1) is 5.92 Å². The maximum atomic E-state index is 13.7. The van der Waals surface area contributed by atoms with Crippen molar-refractivity contribution in [3.63, 3.8) is 0 Å². The largest absolute Gasteiger partial charge is 0.460 e. The van der Waals surface area contributed by atoms with E-state index in [2.05, 4.69) is 31.9 Å². The fraction of sp³-hybridized carbons (Fsp3) is 1.00. The molecule has 0 nitrogen and oxygen atoms in total. The lowest BCUT2D eigenvalue weighted by Crippen LogP contribution is -2.60. The van der Waals surface area contributed by atoms with Crippen molar-refractivity contribution in [2.24, 2.45) is 5.92 Å². The van der Waals surface area contributed by atoms with Crippen LogP contribution in [-0.4, -0.2) is 27.2 Å². The van der Waals surface area contributed by atoms with Crippen molar-refractivity contribution >= 4 is 31.9 Å². The third-order valence-corrected chi connectivity index (χ3v) is 5.93. The van der Waals surface area contributed by atoms with Crippen LogP contribution < -0.4 is 0 Å². The molecule has 0 aromatic rings. The highest BCUT2D eigenvalue weighted by Crippen LogP contribution is 2.55. The molecular weight excluding hydrogens is 535 g/mol. The maximum Gasteiger partial charge on any atom is 0.460 e. The van der Waals surface area contributed by atoms with Gasteiger partial charge in [0.1, 0.15) is 0 Å². The molecule has 0 aliphatic rings. The summed E-state index contributed by atoms with van der Waals surface area (Å²) in [6, 6.07) is 0. The van der Waals surface area contributed by atoms with Crippen molar-refractivity contribution < 1.29 is 39.5 Å². The fourth-order valence-electron chi connectivity index (χ4n) is 2.74. The van der Waals surface area contributed by atoms with Gasteiger partial charge < -0.3 is 0 Å². The number of unbranched alkanes of at least 4 members (excludes halogenated alkanes) is 5. The number of hydrogen-bond donors (Lipinski definition) is 0. The molecule has 0 saturated heterocycles. The molecule has 1 unspecified atom stereocenters. The van der Waals surface area contributed by atoms with Gasteiger partial charge in [-0.1, -0.05) is 77.3 Å². The second-order valence-electron chi connectivity index (χ2n) is 7.10. The van der Waals surface area contributed by atoms with Gasteiger partial charge in [0.05, 0.1) is 3.23 Å². The zero-order valence-electron chi connectivity index (χ0n) is 15.6. The molecule has 0 aromatic carbocycles. The maximum absolute atomic E-state index is 13.7. The van der Waals surface area contributed by atoms with Crippen molar-refractivity contribution in [2.45, 2.75) is 98.8 Å². The molecule has 0 amide bonds. The summed E-state index contributed by atoms with van der Waals surface area (Å²) in [5.74, 6) is -19.6. The number of hydrogen-bond acceptors (Lipinski definition) is 0. The van der Waals surface area contributed by atoms with Gasteiger partial charge in [-0.25, -0.2) is 0 Å². The van der Waals surface area contributed by atoms with E-state index in [4.69, 9.17) is 0 Å². The van der Waals surface area contributed by atoms with Crippen LogP contribution in [0.25, 0.3) is 0 Å². The molecule has 0 spiro atoms. The molecular formula is C17H25Br2F9. The van der Waals surface area contributed by atoms with E-state index in [9.17, 15) is 39.5 Å². The molecule has 0 aliphatic carbocycles. The smallest absolute Gasteiger partial charge is 0.200 e. The Bertz CT molecular complexity index is 457. The molecule has 0 aromatic heterocycles. The third-order valence-electron chi connectivity index (χ3n) is 4.64. The van der Waals surface area contributed by atoms with E-state index in [1.165, 1.54) is 6.92 Å². The van der Waals surface area contributed by atoms with E-state index < -0.39 is 45.9 Å². The Morgan fingerprint density at radius 3 is 1.57 bits per heavy atom. The second kappa shape index (κ2) is 10.6. The molecule has 1 atom stereocenters. The molecule has 0 aliphatic heterocycles.